The summed E-state index contributed by atoms with van der Waals surface area (Å²) in [6.45, 7) is 5.17. The van der Waals surface area contributed by atoms with Crippen molar-refractivity contribution in [2.24, 2.45) is 5.92 Å². The molecule has 1 rings (SSSR count). The van der Waals surface area contributed by atoms with Crippen molar-refractivity contribution in [3.63, 3.8) is 0 Å². The van der Waals surface area contributed by atoms with Crippen molar-refractivity contribution in [2.45, 2.75) is 33.2 Å². The van der Waals surface area contributed by atoms with Gasteiger partial charge in [-0.25, -0.2) is 4.79 Å². The summed E-state index contributed by atoms with van der Waals surface area (Å²) in [5, 5.41) is 14.4. The topological polar surface area (TPSA) is 78.4 Å². The van der Waals surface area contributed by atoms with Crippen LogP contribution in [0.4, 0.5) is 4.79 Å². The number of benzene rings is 1. The molecule has 0 bridgehead atoms. The second-order valence-electron chi connectivity index (χ2n) is 5.13. The number of carbonyl (C=O) groups is 2. The van der Waals surface area contributed by atoms with E-state index in [9.17, 15) is 9.59 Å². The summed E-state index contributed by atoms with van der Waals surface area (Å²) in [5.41, 5.74) is 1.55. The van der Waals surface area contributed by atoms with Crippen molar-refractivity contribution in [3.8, 4) is 0 Å². The van der Waals surface area contributed by atoms with Crippen molar-refractivity contribution in [3.05, 3.63) is 35.4 Å². The first kappa shape index (κ1) is 16.0. The molecule has 0 unspecified atom stereocenters. The van der Waals surface area contributed by atoms with Crippen molar-refractivity contribution in [2.75, 3.05) is 6.54 Å². The van der Waals surface area contributed by atoms with Gasteiger partial charge in [-0.1, -0.05) is 38.1 Å². The molecule has 0 heterocycles. The van der Waals surface area contributed by atoms with Gasteiger partial charge in [0, 0.05) is 13.1 Å². The third-order valence-corrected chi connectivity index (χ3v) is 2.91. The molecule has 0 fully saturated rings. The first-order valence-electron chi connectivity index (χ1n) is 6.79. The zero-order valence-corrected chi connectivity index (χ0v) is 12.0. The maximum atomic E-state index is 11.6. The Bertz CT molecular complexity index is 458. The van der Waals surface area contributed by atoms with E-state index in [-0.39, 0.29) is 12.5 Å². The Morgan fingerprint density at radius 2 is 1.80 bits per heavy atom. The molecule has 20 heavy (non-hydrogen) atoms. The van der Waals surface area contributed by atoms with E-state index in [2.05, 4.69) is 24.5 Å². The van der Waals surface area contributed by atoms with Crippen LogP contribution in [0.25, 0.3) is 0 Å². The van der Waals surface area contributed by atoms with Crippen LogP contribution < -0.4 is 10.6 Å². The zero-order valence-electron chi connectivity index (χ0n) is 12.0. The fraction of sp³-hybridized carbons (Fsp3) is 0.467. The molecule has 0 aromatic heterocycles. The Morgan fingerprint density at radius 3 is 2.40 bits per heavy atom. The zero-order chi connectivity index (χ0) is 15.0. The maximum Gasteiger partial charge on any atom is 0.315 e. The van der Waals surface area contributed by atoms with Crippen molar-refractivity contribution < 1.29 is 14.7 Å². The molecule has 5 heteroatoms. The molecule has 0 atom stereocenters. The van der Waals surface area contributed by atoms with E-state index in [4.69, 9.17) is 5.11 Å². The van der Waals surface area contributed by atoms with Crippen LogP contribution in [0.15, 0.2) is 24.3 Å². The molecule has 0 aliphatic carbocycles. The fourth-order valence-corrected chi connectivity index (χ4v) is 1.78. The minimum absolute atomic E-state index is 0.0349. The predicted octanol–water partition coefficient (Wildman–Crippen LogP) is 2.16. The van der Waals surface area contributed by atoms with Gasteiger partial charge < -0.3 is 15.7 Å². The van der Waals surface area contributed by atoms with Crippen LogP contribution in [0.2, 0.25) is 0 Å². The highest BCUT2D eigenvalue weighted by Crippen LogP contribution is 2.09. The summed E-state index contributed by atoms with van der Waals surface area (Å²) in [4.78, 5) is 22.4. The third kappa shape index (κ3) is 6.22. The fourth-order valence-electron chi connectivity index (χ4n) is 1.78. The smallest absolute Gasteiger partial charge is 0.315 e. The molecule has 1 aromatic carbocycles. The van der Waals surface area contributed by atoms with Crippen LogP contribution in [0, 0.1) is 5.92 Å². The largest absolute Gasteiger partial charge is 0.481 e. The maximum absolute atomic E-state index is 11.6. The Labute approximate surface area is 119 Å². The van der Waals surface area contributed by atoms with E-state index in [1.165, 1.54) is 0 Å². The molecule has 0 saturated carbocycles. The molecule has 2 amide bonds. The average molecular weight is 278 g/mol. The summed E-state index contributed by atoms with van der Waals surface area (Å²) in [6, 6.07) is 6.99. The summed E-state index contributed by atoms with van der Waals surface area (Å²) < 4.78 is 0. The number of urea groups is 1. The van der Waals surface area contributed by atoms with Gasteiger partial charge in [-0.05, 0) is 23.5 Å². The van der Waals surface area contributed by atoms with E-state index in [1.54, 1.807) is 12.1 Å². The Kier molecular flexibility index (Phi) is 6.56. The van der Waals surface area contributed by atoms with Gasteiger partial charge in [-0.15, -0.1) is 0 Å². The molecule has 0 aliphatic rings. The Hall–Kier alpha value is -2.04. The van der Waals surface area contributed by atoms with Gasteiger partial charge in [0.2, 0.25) is 0 Å². The number of amides is 2. The van der Waals surface area contributed by atoms with Crippen molar-refractivity contribution in [1.82, 2.24) is 10.6 Å². The quantitative estimate of drug-likeness (QED) is 0.715. The molecule has 5 nitrogen and oxygen atoms in total. The lowest BCUT2D eigenvalue weighted by atomic mass is 10.0. The lowest BCUT2D eigenvalue weighted by molar-refractivity contribution is -0.136. The van der Waals surface area contributed by atoms with Crippen LogP contribution in [0.1, 0.15) is 31.4 Å². The van der Waals surface area contributed by atoms with Crippen molar-refractivity contribution in [1.29, 1.82) is 0 Å². The Morgan fingerprint density at radius 1 is 1.15 bits per heavy atom. The number of hydrogen-bond acceptors (Lipinski definition) is 2. The average Bonchev–Trinajstić information content (AvgIpc) is 2.36. The number of carboxylic acid groups (broad SMARTS) is 1. The second kappa shape index (κ2) is 8.19. The van der Waals surface area contributed by atoms with Gasteiger partial charge in [0.05, 0.1) is 6.42 Å². The highest BCUT2D eigenvalue weighted by atomic mass is 16.4. The molecule has 0 aliphatic heterocycles. The van der Waals surface area contributed by atoms with Gasteiger partial charge in [-0.2, -0.15) is 0 Å². The molecule has 3 N–H and O–H groups in total. The lowest BCUT2D eigenvalue weighted by Crippen LogP contribution is -2.36. The first-order valence-corrected chi connectivity index (χ1v) is 6.79. The normalized spacial score (nSPS) is 10.3. The number of carbonyl (C=O) groups excluding carboxylic acids is 1. The summed E-state index contributed by atoms with van der Waals surface area (Å²) >= 11 is 0. The van der Waals surface area contributed by atoms with Gasteiger partial charge in [-0.3, -0.25) is 4.79 Å². The van der Waals surface area contributed by atoms with E-state index in [1.807, 2.05) is 12.1 Å². The molecule has 0 radical (unpaired) electrons. The van der Waals surface area contributed by atoms with E-state index in [0.29, 0.717) is 19.0 Å². The van der Waals surface area contributed by atoms with Crippen LogP contribution in [-0.2, 0) is 17.8 Å². The summed E-state index contributed by atoms with van der Waals surface area (Å²) in [7, 11) is 0. The van der Waals surface area contributed by atoms with Crippen molar-refractivity contribution >= 4 is 12.0 Å². The van der Waals surface area contributed by atoms with E-state index in [0.717, 1.165) is 17.5 Å². The van der Waals surface area contributed by atoms with Gasteiger partial charge in [0.1, 0.15) is 0 Å². The van der Waals surface area contributed by atoms with Crippen LogP contribution in [0.3, 0.4) is 0 Å². The molecular formula is C15H22N2O3. The van der Waals surface area contributed by atoms with E-state index >= 15 is 0 Å². The summed E-state index contributed by atoms with van der Waals surface area (Å²) in [5.74, 6) is -0.328. The van der Waals surface area contributed by atoms with E-state index < -0.39 is 5.97 Å². The minimum Gasteiger partial charge on any atom is -0.481 e. The first-order chi connectivity index (χ1) is 9.49. The number of nitrogens with one attached hydrogen (secondary N) is 2. The monoisotopic (exact) mass is 278 g/mol. The summed E-state index contributed by atoms with van der Waals surface area (Å²) in [6.07, 6.45) is 0.899. The van der Waals surface area contributed by atoms with Gasteiger partial charge in [0.15, 0.2) is 0 Å². The second-order valence-corrected chi connectivity index (χ2v) is 5.13. The number of rotatable bonds is 7. The van der Waals surface area contributed by atoms with Crippen LogP contribution in [0.5, 0.6) is 0 Å². The highest BCUT2D eigenvalue weighted by Gasteiger charge is 2.07. The highest BCUT2D eigenvalue weighted by molar-refractivity contribution is 5.74. The number of aliphatic carboxylic acids is 1. The predicted molar refractivity (Wildman–Crippen MR) is 77.5 cm³/mol. The Balaban J connectivity index is 2.44. The molecular weight excluding hydrogens is 256 g/mol. The molecule has 1 aromatic rings. The standard InChI is InChI=1S/C15H22N2O3/c1-11(2)7-8-16-15(20)17-10-13-6-4-3-5-12(13)9-14(18)19/h3-6,11H,7-10H2,1-2H3,(H,18,19)(H2,16,17,20). The lowest BCUT2D eigenvalue weighted by Gasteiger charge is -2.11. The number of carboxylic acids is 1. The van der Waals surface area contributed by atoms with Crippen LogP contribution >= 0.6 is 0 Å². The minimum atomic E-state index is -0.876. The molecule has 0 spiro atoms. The number of hydrogen-bond donors (Lipinski definition) is 3. The van der Waals surface area contributed by atoms with Crippen LogP contribution in [-0.4, -0.2) is 23.7 Å². The SMILES string of the molecule is CC(C)CCNC(=O)NCc1ccccc1CC(=O)O. The molecule has 0 saturated heterocycles. The molecule has 110 valence electrons. The third-order valence-electron chi connectivity index (χ3n) is 2.91. The van der Waals surface area contributed by atoms with Gasteiger partial charge >= 0.3 is 12.0 Å². The van der Waals surface area contributed by atoms with Gasteiger partial charge in [0.25, 0.3) is 0 Å².